The predicted octanol–water partition coefficient (Wildman–Crippen LogP) is -0.245. The maximum atomic E-state index is 10.1. The topological polar surface area (TPSA) is 104 Å². The summed E-state index contributed by atoms with van der Waals surface area (Å²) in [4.78, 5) is 12.1. The summed E-state index contributed by atoms with van der Waals surface area (Å²) in [6.45, 7) is -0.170. The molecule has 2 unspecified atom stereocenters. The molecule has 8 heteroatoms. The molecule has 0 bridgehead atoms. The molecule has 1 aliphatic rings. The van der Waals surface area contributed by atoms with Gasteiger partial charge in [0.05, 0.1) is 18.5 Å². The van der Waals surface area contributed by atoms with Crippen LogP contribution in [0.5, 0.6) is 0 Å². The number of aliphatic hydroxyl groups excluding tert-OH is 3. The number of rotatable bonds is 2. The van der Waals surface area contributed by atoms with E-state index in [9.17, 15) is 15.3 Å². The van der Waals surface area contributed by atoms with Crippen LogP contribution in [0.15, 0.2) is 12.7 Å². The molecule has 1 saturated carbocycles. The number of halogens is 1. The van der Waals surface area contributed by atoms with Gasteiger partial charge < -0.3 is 19.9 Å². The van der Waals surface area contributed by atoms with Gasteiger partial charge in [-0.3, -0.25) is 0 Å². The van der Waals surface area contributed by atoms with Crippen LogP contribution in [-0.2, 0) is 0 Å². The van der Waals surface area contributed by atoms with Crippen LogP contribution in [0.25, 0.3) is 11.2 Å². The van der Waals surface area contributed by atoms with Gasteiger partial charge in [-0.2, -0.15) is 0 Å². The van der Waals surface area contributed by atoms with Gasteiger partial charge in [0.25, 0.3) is 0 Å². The maximum Gasteiger partial charge on any atom is 0.165 e. The molecule has 1 fully saturated rings. The molecule has 0 aliphatic heterocycles. The van der Waals surface area contributed by atoms with Crippen molar-refractivity contribution in [2.45, 2.75) is 24.7 Å². The first kappa shape index (κ1) is 12.7. The molecule has 2 heterocycles. The van der Waals surface area contributed by atoms with E-state index in [2.05, 4.69) is 15.0 Å². The number of aliphatic hydroxyl groups is 3. The fourth-order valence-electron chi connectivity index (χ4n) is 2.62. The molecule has 3 N–H and O–H groups in total. The van der Waals surface area contributed by atoms with Crippen molar-refractivity contribution >= 4 is 22.8 Å². The number of aromatic nitrogens is 4. The van der Waals surface area contributed by atoms with Crippen LogP contribution in [0.3, 0.4) is 0 Å². The van der Waals surface area contributed by atoms with E-state index in [1.165, 1.54) is 12.7 Å². The third-order valence-corrected chi connectivity index (χ3v) is 3.95. The molecule has 0 amide bonds. The van der Waals surface area contributed by atoms with E-state index in [1.54, 1.807) is 4.57 Å². The Balaban J connectivity index is 2.04. The highest BCUT2D eigenvalue weighted by Gasteiger charge is 2.42. The first-order valence-electron chi connectivity index (χ1n) is 5.93. The molecular formula is C11H13ClN4O3. The zero-order valence-electron chi connectivity index (χ0n) is 9.89. The maximum absolute atomic E-state index is 10.1. The third-order valence-electron chi connectivity index (χ3n) is 3.68. The van der Waals surface area contributed by atoms with Crippen molar-refractivity contribution in [1.82, 2.24) is 19.5 Å². The number of imidazole rings is 1. The summed E-state index contributed by atoms with van der Waals surface area (Å²) in [5, 5.41) is 29.4. The van der Waals surface area contributed by atoms with Crippen LogP contribution in [0.2, 0.25) is 5.15 Å². The minimum Gasteiger partial charge on any atom is -0.396 e. The standard InChI is InChI=1S/C11H13ClN4O3/c12-10-7-11(14-3-13-10)16(4-15-7)6-1-5(2-17)8(18)9(6)19/h3-6,8-9,17-19H,1-2H2/t5?,6?,8-,9+/m1/s1. The van der Waals surface area contributed by atoms with Gasteiger partial charge in [0.1, 0.15) is 17.9 Å². The normalized spacial score (nSPS) is 31.2. The summed E-state index contributed by atoms with van der Waals surface area (Å²) in [5.74, 6) is -0.352. The monoisotopic (exact) mass is 284 g/mol. The zero-order chi connectivity index (χ0) is 13.6. The number of hydrogen-bond acceptors (Lipinski definition) is 6. The van der Waals surface area contributed by atoms with E-state index < -0.39 is 12.2 Å². The Bertz CT molecular complexity index is 605. The molecule has 2 aromatic heterocycles. The van der Waals surface area contributed by atoms with Crippen molar-refractivity contribution in [3.63, 3.8) is 0 Å². The van der Waals surface area contributed by atoms with Crippen molar-refractivity contribution in [3.05, 3.63) is 17.8 Å². The van der Waals surface area contributed by atoms with Gasteiger partial charge in [0.2, 0.25) is 0 Å². The molecular weight excluding hydrogens is 272 g/mol. The quantitative estimate of drug-likeness (QED) is 0.657. The van der Waals surface area contributed by atoms with Gasteiger partial charge in [0.15, 0.2) is 10.8 Å². The van der Waals surface area contributed by atoms with E-state index in [0.29, 0.717) is 17.6 Å². The summed E-state index contributed by atoms with van der Waals surface area (Å²) in [7, 11) is 0. The molecule has 4 atom stereocenters. The Morgan fingerprint density at radius 2 is 2.05 bits per heavy atom. The molecule has 19 heavy (non-hydrogen) atoms. The number of nitrogens with zero attached hydrogens (tertiary/aromatic N) is 4. The number of fused-ring (bicyclic) bond motifs is 1. The van der Waals surface area contributed by atoms with Gasteiger partial charge in [-0.1, -0.05) is 11.6 Å². The van der Waals surface area contributed by atoms with E-state index >= 15 is 0 Å². The first-order chi connectivity index (χ1) is 9.13. The molecule has 0 aromatic carbocycles. The second-order valence-corrected chi connectivity index (χ2v) is 5.07. The average molecular weight is 285 g/mol. The lowest BCUT2D eigenvalue weighted by Gasteiger charge is -2.18. The van der Waals surface area contributed by atoms with Gasteiger partial charge in [-0.25, -0.2) is 15.0 Å². The predicted molar refractivity (Wildman–Crippen MR) is 66.6 cm³/mol. The largest absolute Gasteiger partial charge is 0.396 e. The Labute approximate surface area is 113 Å². The lowest BCUT2D eigenvalue weighted by molar-refractivity contribution is -0.00370. The molecule has 0 saturated heterocycles. The Kier molecular flexibility index (Phi) is 3.14. The lowest BCUT2D eigenvalue weighted by atomic mass is 10.1. The Morgan fingerprint density at radius 3 is 2.74 bits per heavy atom. The van der Waals surface area contributed by atoms with Crippen LogP contribution in [0, 0.1) is 5.92 Å². The van der Waals surface area contributed by atoms with Crippen molar-refractivity contribution in [3.8, 4) is 0 Å². The Morgan fingerprint density at radius 1 is 1.26 bits per heavy atom. The van der Waals surface area contributed by atoms with E-state index in [4.69, 9.17) is 11.6 Å². The summed E-state index contributed by atoms with van der Waals surface area (Å²) in [5.41, 5.74) is 0.966. The fourth-order valence-corrected chi connectivity index (χ4v) is 2.80. The zero-order valence-corrected chi connectivity index (χ0v) is 10.6. The molecule has 0 radical (unpaired) electrons. The third kappa shape index (κ3) is 1.90. The van der Waals surface area contributed by atoms with Crippen LogP contribution >= 0.6 is 11.6 Å². The van der Waals surface area contributed by atoms with E-state index in [0.717, 1.165) is 0 Å². The van der Waals surface area contributed by atoms with E-state index in [1.807, 2.05) is 0 Å². The molecule has 1 aliphatic carbocycles. The van der Waals surface area contributed by atoms with Crippen molar-refractivity contribution < 1.29 is 15.3 Å². The van der Waals surface area contributed by atoms with Crippen LogP contribution < -0.4 is 0 Å². The second kappa shape index (κ2) is 4.68. The van der Waals surface area contributed by atoms with Gasteiger partial charge in [0, 0.05) is 12.5 Å². The molecule has 7 nitrogen and oxygen atoms in total. The molecule has 0 spiro atoms. The SMILES string of the molecule is OCC1CC(n2cnc3c(Cl)ncnc32)[C@H](O)[C@@H]1O. The lowest BCUT2D eigenvalue weighted by Crippen LogP contribution is -2.30. The first-order valence-corrected chi connectivity index (χ1v) is 6.31. The summed E-state index contributed by atoms with van der Waals surface area (Å²) >= 11 is 5.92. The highest BCUT2D eigenvalue weighted by atomic mass is 35.5. The minimum atomic E-state index is -0.969. The van der Waals surface area contributed by atoms with Crippen LogP contribution in [0.1, 0.15) is 12.5 Å². The van der Waals surface area contributed by atoms with Crippen molar-refractivity contribution in [2.24, 2.45) is 5.92 Å². The average Bonchev–Trinajstić information content (AvgIpc) is 2.94. The summed E-state index contributed by atoms with van der Waals surface area (Å²) in [6, 6.07) is -0.386. The Hall–Kier alpha value is -1.28. The summed E-state index contributed by atoms with van der Waals surface area (Å²) in [6.07, 6.45) is 1.37. The van der Waals surface area contributed by atoms with E-state index in [-0.39, 0.29) is 23.7 Å². The highest BCUT2D eigenvalue weighted by molar-refractivity contribution is 6.33. The molecule has 102 valence electrons. The van der Waals surface area contributed by atoms with Crippen LogP contribution in [-0.4, -0.2) is 53.7 Å². The van der Waals surface area contributed by atoms with Gasteiger partial charge >= 0.3 is 0 Å². The molecule has 2 aromatic rings. The highest BCUT2D eigenvalue weighted by Crippen LogP contribution is 2.36. The summed E-state index contributed by atoms with van der Waals surface area (Å²) < 4.78 is 1.67. The van der Waals surface area contributed by atoms with Gasteiger partial charge in [-0.05, 0) is 6.42 Å². The second-order valence-electron chi connectivity index (χ2n) is 4.72. The minimum absolute atomic E-state index is 0.170. The fraction of sp³-hybridized carbons (Fsp3) is 0.545. The van der Waals surface area contributed by atoms with Crippen LogP contribution in [0.4, 0.5) is 0 Å². The smallest absolute Gasteiger partial charge is 0.165 e. The number of hydrogen-bond donors (Lipinski definition) is 3. The molecule has 3 rings (SSSR count). The van der Waals surface area contributed by atoms with Gasteiger partial charge in [-0.15, -0.1) is 0 Å². The van der Waals surface area contributed by atoms with Crippen molar-refractivity contribution in [2.75, 3.05) is 6.61 Å². The van der Waals surface area contributed by atoms with Crippen molar-refractivity contribution in [1.29, 1.82) is 0 Å².